The predicted molar refractivity (Wildman–Crippen MR) is 63.6 cm³/mol. The normalized spacial score (nSPS) is 24.1. The average Bonchev–Trinajstić information content (AvgIpc) is 2.76. The first-order chi connectivity index (χ1) is 9.14. The molecule has 2 rings (SSSR count). The molecular weight excluding hydrogens is 304 g/mol. The smallest absolute Gasteiger partial charge is 0.315 e. The van der Waals surface area contributed by atoms with Crippen LogP contribution in [0.2, 0.25) is 0 Å². The van der Waals surface area contributed by atoms with Crippen molar-refractivity contribution in [2.45, 2.75) is 28.4 Å². The third-order valence-corrected chi connectivity index (χ3v) is 4.04. The van der Waals surface area contributed by atoms with E-state index in [1.165, 1.54) is 12.1 Å². The minimum atomic E-state index is -4.52. The maximum absolute atomic E-state index is 13.3. The van der Waals surface area contributed by atoms with Gasteiger partial charge in [0.05, 0.1) is 0 Å². The highest BCUT2D eigenvalue weighted by Crippen LogP contribution is 2.47. The van der Waals surface area contributed by atoms with Gasteiger partial charge < -0.3 is 5.32 Å². The summed E-state index contributed by atoms with van der Waals surface area (Å²) in [4.78, 5) is -0.231. The zero-order chi connectivity index (χ0) is 15.0. The highest BCUT2D eigenvalue weighted by atomic mass is 32.2. The molecule has 0 amide bonds. The molecule has 0 bridgehead atoms. The van der Waals surface area contributed by atoms with E-state index < -0.39 is 28.9 Å². The molecule has 20 heavy (non-hydrogen) atoms. The number of alkyl halides is 6. The molecule has 1 aromatic carbocycles. The number of thioether (sulfide) groups is 1. The molecule has 1 heterocycles. The maximum atomic E-state index is 13.3. The first-order valence-corrected chi connectivity index (χ1v) is 6.59. The number of nitrogens with one attached hydrogen (secondary N) is 1. The predicted octanol–water partition coefficient (Wildman–Crippen LogP) is 4.09. The van der Waals surface area contributed by atoms with Gasteiger partial charge in [0.25, 0.3) is 0 Å². The van der Waals surface area contributed by atoms with Gasteiger partial charge in [0.1, 0.15) is 5.41 Å². The molecule has 1 aliphatic rings. The van der Waals surface area contributed by atoms with E-state index in [2.05, 4.69) is 5.32 Å². The fraction of sp³-hybridized carbons (Fsp3) is 0.500. The molecule has 1 N–H and O–H groups in total. The van der Waals surface area contributed by atoms with E-state index in [0.29, 0.717) is 0 Å². The Balaban J connectivity index is 2.38. The Morgan fingerprint density at radius 3 is 2.30 bits per heavy atom. The van der Waals surface area contributed by atoms with Crippen molar-refractivity contribution in [1.29, 1.82) is 0 Å². The lowest BCUT2D eigenvalue weighted by Gasteiger charge is -2.31. The summed E-state index contributed by atoms with van der Waals surface area (Å²) < 4.78 is 76.8. The summed E-state index contributed by atoms with van der Waals surface area (Å²) >= 11 is -0.405. The molecule has 0 aliphatic carbocycles. The van der Waals surface area contributed by atoms with Gasteiger partial charge in [0.15, 0.2) is 0 Å². The van der Waals surface area contributed by atoms with Gasteiger partial charge in [0.2, 0.25) is 0 Å². The largest absolute Gasteiger partial charge is 0.446 e. The number of rotatable bonds is 2. The standard InChI is InChI=1S/C12H11F6NS/c13-11(14,15)10(4-5-19-7-10)8-2-1-3-9(6-8)20-12(16,17)18/h1-3,6,19H,4-5,7H2/t10-/m1/s1. The topological polar surface area (TPSA) is 12.0 Å². The molecule has 1 aliphatic heterocycles. The first-order valence-electron chi connectivity index (χ1n) is 5.78. The second kappa shape index (κ2) is 5.14. The number of benzene rings is 1. The lowest BCUT2D eigenvalue weighted by molar-refractivity contribution is -0.185. The van der Waals surface area contributed by atoms with Gasteiger partial charge in [-0.1, -0.05) is 12.1 Å². The zero-order valence-electron chi connectivity index (χ0n) is 10.1. The second-order valence-corrected chi connectivity index (χ2v) is 5.72. The van der Waals surface area contributed by atoms with Gasteiger partial charge >= 0.3 is 11.7 Å². The molecule has 112 valence electrons. The Morgan fingerprint density at radius 2 is 1.80 bits per heavy atom. The van der Waals surface area contributed by atoms with E-state index in [0.717, 1.165) is 12.1 Å². The summed E-state index contributed by atoms with van der Waals surface area (Å²) in [6.07, 6.45) is -4.67. The van der Waals surface area contributed by atoms with Crippen molar-refractivity contribution in [1.82, 2.24) is 5.32 Å². The molecule has 0 spiro atoms. The van der Waals surface area contributed by atoms with Crippen molar-refractivity contribution in [2.75, 3.05) is 13.1 Å². The molecule has 0 saturated carbocycles. The van der Waals surface area contributed by atoms with Crippen molar-refractivity contribution in [3.05, 3.63) is 29.8 Å². The van der Waals surface area contributed by atoms with Crippen LogP contribution < -0.4 is 5.32 Å². The van der Waals surface area contributed by atoms with Gasteiger partial charge in [-0.15, -0.1) is 0 Å². The van der Waals surface area contributed by atoms with E-state index in [-0.39, 0.29) is 30.0 Å². The summed E-state index contributed by atoms with van der Waals surface area (Å²) in [5.74, 6) is 0. The second-order valence-electron chi connectivity index (χ2n) is 4.58. The van der Waals surface area contributed by atoms with Crippen LogP contribution in [0.3, 0.4) is 0 Å². The summed E-state index contributed by atoms with van der Waals surface area (Å²) in [7, 11) is 0. The van der Waals surface area contributed by atoms with Gasteiger partial charge in [-0.3, -0.25) is 0 Å². The van der Waals surface area contributed by atoms with Gasteiger partial charge in [-0.2, -0.15) is 26.3 Å². The average molecular weight is 315 g/mol. The highest BCUT2D eigenvalue weighted by molar-refractivity contribution is 8.00. The molecule has 0 unspecified atom stereocenters. The quantitative estimate of drug-likeness (QED) is 0.651. The Labute approximate surface area is 115 Å². The number of hydrogen-bond acceptors (Lipinski definition) is 2. The van der Waals surface area contributed by atoms with E-state index in [9.17, 15) is 26.3 Å². The van der Waals surface area contributed by atoms with Gasteiger partial charge in [0, 0.05) is 11.4 Å². The Kier molecular flexibility index (Phi) is 3.98. The summed E-state index contributed by atoms with van der Waals surface area (Å²) in [6.45, 7) is -0.118. The van der Waals surface area contributed by atoms with E-state index in [4.69, 9.17) is 0 Å². The minimum Gasteiger partial charge on any atom is -0.315 e. The van der Waals surface area contributed by atoms with Gasteiger partial charge in [-0.05, 0) is 42.4 Å². The third-order valence-electron chi connectivity index (χ3n) is 3.32. The van der Waals surface area contributed by atoms with Crippen LogP contribution in [0.5, 0.6) is 0 Å². The summed E-state index contributed by atoms with van der Waals surface area (Å²) in [5, 5.41) is 2.64. The zero-order valence-corrected chi connectivity index (χ0v) is 10.9. The van der Waals surface area contributed by atoms with Crippen molar-refractivity contribution < 1.29 is 26.3 Å². The van der Waals surface area contributed by atoms with Crippen LogP contribution in [-0.2, 0) is 5.41 Å². The van der Waals surface area contributed by atoms with Crippen molar-refractivity contribution in [2.24, 2.45) is 0 Å². The number of hydrogen-bond donors (Lipinski definition) is 1. The molecule has 1 atom stereocenters. The molecular formula is C12H11F6NS. The molecule has 1 nitrogen and oxygen atoms in total. The Morgan fingerprint density at radius 1 is 1.10 bits per heavy atom. The van der Waals surface area contributed by atoms with Crippen LogP contribution in [0.1, 0.15) is 12.0 Å². The molecule has 1 saturated heterocycles. The molecule has 0 radical (unpaired) electrons. The molecule has 1 fully saturated rings. The monoisotopic (exact) mass is 315 g/mol. The van der Waals surface area contributed by atoms with Crippen LogP contribution in [0.4, 0.5) is 26.3 Å². The fourth-order valence-corrected chi connectivity index (χ4v) is 2.93. The summed E-state index contributed by atoms with van der Waals surface area (Å²) in [5.41, 5.74) is -6.74. The van der Waals surface area contributed by atoms with Crippen LogP contribution in [0, 0.1) is 0 Å². The van der Waals surface area contributed by atoms with Crippen molar-refractivity contribution >= 4 is 11.8 Å². The molecule has 0 aromatic heterocycles. The highest BCUT2D eigenvalue weighted by Gasteiger charge is 2.57. The molecule has 1 aromatic rings. The first kappa shape index (κ1) is 15.5. The SMILES string of the molecule is FC(F)(F)Sc1cccc([C@@]2(C(F)(F)F)CCNC2)c1. The fourth-order valence-electron chi connectivity index (χ4n) is 2.33. The summed E-state index contributed by atoms with van der Waals surface area (Å²) in [6, 6.07) is 4.61. The van der Waals surface area contributed by atoms with Crippen molar-refractivity contribution in [3.8, 4) is 0 Å². The Hall–Kier alpha value is -0.890. The lowest BCUT2D eigenvalue weighted by Crippen LogP contribution is -2.44. The van der Waals surface area contributed by atoms with Crippen LogP contribution in [0.25, 0.3) is 0 Å². The maximum Gasteiger partial charge on any atom is 0.446 e. The number of halogens is 6. The van der Waals surface area contributed by atoms with E-state index >= 15 is 0 Å². The minimum absolute atomic E-state index is 0.121. The van der Waals surface area contributed by atoms with E-state index in [1.807, 2.05) is 0 Å². The Bertz CT molecular complexity index is 476. The van der Waals surface area contributed by atoms with E-state index in [1.54, 1.807) is 0 Å². The third kappa shape index (κ3) is 3.06. The lowest BCUT2D eigenvalue weighted by atomic mass is 9.79. The van der Waals surface area contributed by atoms with Crippen LogP contribution in [0.15, 0.2) is 29.2 Å². The van der Waals surface area contributed by atoms with Gasteiger partial charge in [-0.25, -0.2) is 0 Å². The van der Waals surface area contributed by atoms with Crippen LogP contribution >= 0.6 is 11.8 Å². The molecule has 8 heteroatoms. The van der Waals surface area contributed by atoms with Crippen molar-refractivity contribution in [3.63, 3.8) is 0 Å². The van der Waals surface area contributed by atoms with Crippen LogP contribution in [-0.4, -0.2) is 24.8 Å².